The molecular weight excluding hydrogens is 251 g/mol. The van der Waals surface area contributed by atoms with E-state index in [2.05, 4.69) is 24.1 Å². The van der Waals surface area contributed by atoms with E-state index >= 15 is 0 Å². The van der Waals surface area contributed by atoms with Crippen molar-refractivity contribution in [1.29, 1.82) is 0 Å². The molecule has 1 atom stereocenters. The molecular formula is C17H27FN2. The minimum atomic E-state index is -0.148. The molecule has 0 radical (unpaired) electrons. The van der Waals surface area contributed by atoms with Crippen molar-refractivity contribution in [3.05, 3.63) is 35.6 Å². The predicted molar refractivity (Wildman–Crippen MR) is 82.3 cm³/mol. The van der Waals surface area contributed by atoms with E-state index in [-0.39, 0.29) is 11.9 Å². The first-order valence-electron chi connectivity index (χ1n) is 7.93. The Hall–Kier alpha value is -0.930. The second-order valence-electron chi connectivity index (χ2n) is 5.91. The van der Waals surface area contributed by atoms with Gasteiger partial charge in [-0.15, -0.1) is 0 Å². The molecule has 1 aromatic carbocycles. The first-order valence-corrected chi connectivity index (χ1v) is 7.93. The number of halogens is 1. The Labute approximate surface area is 122 Å². The molecule has 0 bridgehead atoms. The van der Waals surface area contributed by atoms with Crippen molar-refractivity contribution in [2.24, 2.45) is 0 Å². The van der Waals surface area contributed by atoms with Crippen LogP contribution < -0.4 is 5.32 Å². The maximum absolute atomic E-state index is 13.2. The second kappa shape index (κ2) is 7.75. The number of benzene rings is 1. The van der Waals surface area contributed by atoms with Gasteiger partial charge in [-0.25, -0.2) is 4.39 Å². The van der Waals surface area contributed by atoms with Gasteiger partial charge in [-0.1, -0.05) is 25.5 Å². The van der Waals surface area contributed by atoms with Crippen molar-refractivity contribution >= 4 is 0 Å². The number of nitrogens with zero attached hydrogens (tertiary/aromatic N) is 1. The van der Waals surface area contributed by atoms with Crippen molar-refractivity contribution in [1.82, 2.24) is 10.2 Å². The van der Waals surface area contributed by atoms with Crippen molar-refractivity contribution in [3.63, 3.8) is 0 Å². The van der Waals surface area contributed by atoms with Crippen molar-refractivity contribution < 1.29 is 4.39 Å². The van der Waals surface area contributed by atoms with Crippen molar-refractivity contribution in [2.45, 2.75) is 51.6 Å². The molecule has 1 aliphatic heterocycles. The summed E-state index contributed by atoms with van der Waals surface area (Å²) < 4.78 is 13.2. The zero-order chi connectivity index (χ0) is 14.4. The van der Waals surface area contributed by atoms with Crippen LogP contribution in [0.3, 0.4) is 0 Å². The molecule has 0 aromatic heterocycles. The van der Waals surface area contributed by atoms with Crippen LogP contribution in [0, 0.1) is 5.82 Å². The highest BCUT2D eigenvalue weighted by Gasteiger charge is 2.20. The minimum absolute atomic E-state index is 0.148. The summed E-state index contributed by atoms with van der Waals surface area (Å²) in [6, 6.07) is 7.70. The van der Waals surface area contributed by atoms with Crippen LogP contribution in [-0.4, -0.2) is 30.6 Å². The van der Waals surface area contributed by atoms with Gasteiger partial charge in [-0.2, -0.15) is 0 Å². The third kappa shape index (κ3) is 4.57. The van der Waals surface area contributed by atoms with Gasteiger partial charge >= 0.3 is 0 Å². The molecule has 2 nitrogen and oxygen atoms in total. The Balaban J connectivity index is 1.77. The molecule has 1 unspecified atom stereocenters. The third-order valence-corrected chi connectivity index (χ3v) is 4.25. The van der Waals surface area contributed by atoms with E-state index in [1.807, 2.05) is 6.07 Å². The largest absolute Gasteiger partial charge is 0.307 e. The summed E-state index contributed by atoms with van der Waals surface area (Å²) in [7, 11) is 0. The van der Waals surface area contributed by atoms with Crippen LogP contribution in [0.1, 0.15) is 51.1 Å². The summed E-state index contributed by atoms with van der Waals surface area (Å²) in [5.41, 5.74) is 1.04. The van der Waals surface area contributed by atoms with Crippen LogP contribution in [-0.2, 0) is 0 Å². The number of likely N-dealkylation sites (tertiary alicyclic amines) is 1. The van der Waals surface area contributed by atoms with Gasteiger partial charge in [-0.3, -0.25) is 0 Å². The first-order chi connectivity index (χ1) is 9.69. The lowest BCUT2D eigenvalue weighted by atomic mass is 10.0. The molecule has 1 N–H and O–H groups in total. The van der Waals surface area contributed by atoms with Crippen LogP contribution in [0.2, 0.25) is 0 Å². The van der Waals surface area contributed by atoms with Crippen molar-refractivity contribution in [3.8, 4) is 0 Å². The fourth-order valence-electron chi connectivity index (χ4n) is 2.93. The molecule has 3 heteroatoms. The van der Waals surface area contributed by atoms with E-state index in [9.17, 15) is 4.39 Å². The number of hydrogen-bond donors (Lipinski definition) is 1. The average molecular weight is 278 g/mol. The summed E-state index contributed by atoms with van der Waals surface area (Å²) in [5, 5.41) is 3.65. The number of unbranched alkanes of at least 4 members (excludes halogenated alkanes) is 1. The van der Waals surface area contributed by atoms with E-state index in [1.165, 1.54) is 51.4 Å². The smallest absolute Gasteiger partial charge is 0.123 e. The molecule has 2 rings (SSSR count). The van der Waals surface area contributed by atoms with E-state index in [0.717, 1.165) is 5.56 Å². The Morgan fingerprint density at radius 3 is 2.75 bits per heavy atom. The average Bonchev–Trinajstić information content (AvgIpc) is 2.46. The SMILES string of the molecule is CCCCN1CCC(NC(C)c2cccc(F)c2)CC1. The van der Waals surface area contributed by atoms with Crippen LogP contribution in [0.25, 0.3) is 0 Å². The Kier molecular flexibility index (Phi) is 5.99. The highest BCUT2D eigenvalue weighted by molar-refractivity contribution is 5.19. The van der Waals surface area contributed by atoms with Gasteiger partial charge in [0.05, 0.1) is 0 Å². The summed E-state index contributed by atoms with van der Waals surface area (Å²) in [6.45, 7) is 7.98. The maximum Gasteiger partial charge on any atom is 0.123 e. The van der Waals surface area contributed by atoms with Gasteiger partial charge in [0, 0.05) is 12.1 Å². The molecule has 1 aliphatic rings. The number of hydrogen-bond acceptors (Lipinski definition) is 2. The highest BCUT2D eigenvalue weighted by Crippen LogP contribution is 2.18. The van der Waals surface area contributed by atoms with Gasteiger partial charge in [0.2, 0.25) is 0 Å². The molecule has 0 spiro atoms. The second-order valence-corrected chi connectivity index (χ2v) is 5.91. The molecule has 0 aliphatic carbocycles. The molecule has 1 fully saturated rings. The zero-order valence-corrected chi connectivity index (χ0v) is 12.7. The molecule has 1 heterocycles. The van der Waals surface area contributed by atoms with E-state index in [1.54, 1.807) is 12.1 Å². The molecule has 20 heavy (non-hydrogen) atoms. The summed E-state index contributed by atoms with van der Waals surface area (Å²) in [4.78, 5) is 2.56. The van der Waals surface area contributed by atoms with E-state index < -0.39 is 0 Å². The molecule has 1 aromatic rings. The Bertz CT molecular complexity index is 400. The lowest BCUT2D eigenvalue weighted by Crippen LogP contribution is -2.43. The molecule has 0 saturated carbocycles. The van der Waals surface area contributed by atoms with E-state index in [0.29, 0.717) is 6.04 Å². The maximum atomic E-state index is 13.2. The van der Waals surface area contributed by atoms with Gasteiger partial charge in [0.1, 0.15) is 5.82 Å². The van der Waals surface area contributed by atoms with Crippen LogP contribution >= 0.6 is 0 Å². The number of nitrogens with one attached hydrogen (secondary N) is 1. The predicted octanol–water partition coefficient (Wildman–Crippen LogP) is 3.74. The lowest BCUT2D eigenvalue weighted by molar-refractivity contribution is 0.190. The van der Waals surface area contributed by atoms with Crippen LogP contribution in [0.5, 0.6) is 0 Å². The topological polar surface area (TPSA) is 15.3 Å². The summed E-state index contributed by atoms with van der Waals surface area (Å²) in [6.07, 6.45) is 4.97. The Morgan fingerprint density at radius 2 is 2.10 bits per heavy atom. The standard InChI is InChI=1S/C17H27FN2/c1-3-4-10-20-11-8-17(9-12-20)19-14(2)15-6-5-7-16(18)13-15/h5-7,13-14,17,19H,3-4,8-12H2,1-2H3. The monoisotopic (exact) mass is 278 g/mol. The molecule has 112 valence electrons. The van der Waals surface area contributed by atoms with Crippen LogP contribution in [0.4, 0.5) is 4.39 Å². The third-order valence-electron chi connectivity index (χ3n) is 4.25. The number of piperidine rings is 1. The number of rotatable bonds is 6. The molecule has 1 saturated heterocycles. The van der Waals surface area contributed by atoms with E-state index in [4.69, 9.17) is 0 Å². The van der Waals surface area contributed by atoms with Crippen molar-refractivity contribution in [2.75, 3.05) is 19.6 Å². The van der Waals surface area contributed by atoms with Gasteiger partial charge in [0.15, 0.2) is 0 Å². The normalized spacial score (nSPS) is 19.1. The lowest BCUT2D eigenvalue weighted by Gasteiger charge is -2.34. The minimum Gasteiger partial charge on any atom is -0.307 e. The van der Waals surface area contributed by atoms with Crippen LogP contribution in [0.15, 0.2) is 24.3 Å². The Morgan fingerprint density at radius 1 is 1.35 bits per heavy atom. The fourth-order valence-corrected chi connectivity index (χ4v) is 2.93. The quantitative estimate of drug-likeness (QED) is 0.852. The zero-order valence-electron chi connectivity index (χ0n) is 12.7. The highest BCUT2D eigenvalue weighted by atomic mass is 19.1. The fraction of sp³-hybridized carbons (Fsp3) is 0.647. The van der Waals surface area contributed by atoms with Gasteiger partial charge in [0.25, 0.3) is 0 Å². The van der Waals surface area contributed by atoms with Gasteiger partial charge < -0.3 is 10.2 Å². The molecule has 0 amide bonds. The van der Waals surface area contributed by atoms with Gasteiger partial charge in [-0.05, 0) is 63.5 Å². The summed E-state index contributed by atoms with van der Waals surface area (Å²) in [5.74, 6) is -0.148. The first kappa shape index (κ1) is 15.5. The summed E-state index contributed by atoms with van der Waals surface area (Å²) >= 11 is 0.